The van der Waals surface area contributed by atoms with Crippen molar-refractivity contribution in [3.63, 3.8) is 0 Å². The third kappa shape index (κ3) is 4.67. The van der Waals surface area contributed by atoms with Crippen molar-refractivity contribution in [3.8, 4) is 34.4 Å². The second-order valence-corrected chi connectivity index (χ2v) is 16.0. The largest absolute Gasteiger partial charge is 0.456 e. The van der Waals surface area contributed by atoms with Gasteiger partial charge in [-0.05, 0) is 65.4 Å². The Morgan fingerprint density at radius 2 is 0.823 bits per heavy atom. The summed E-state index contributed by atoms with van der Waals surface area (Å²) in [7, 11) is 0. The Labute approximate surface area is 352 Å². The molecule has 0 saturated heterocycles. The number of nitrogens with zero attached hydrogens (tertiary/aromatic N) is 5. The molecule has 7 nitrogen and oxygen atoms in total. The lowest BCUT2D eigenvalue weighted by molar-refractivity contribution is 0.668. The Kier molecular flexibility index (Phi) is 6.71. The van der Waals surface area contributed by atoms with Crippen LogP contribution in [0.3, 0.4) is 0 Å². The van der Waals surface area contributed by atoms with Crippen LogP contribution in [-0.4, -0.2) is 24.1 Å². The Morgan fingerprint density at radius 3 is 1.50 bits per heavy atom. The molecule has 0 atom stereocenters. The molecule has 0 aliphatic rings. The average Bonchev–Trinajstić information content (AvgIpc) is 4.08. The molecular weight excluding hydrogens is 763 g/mol. The molecule has 0 amide bonds. The molecule has 0 saturated carbocycles. The summed E-state index contributed by atoms with van der Waals surface area (Å²) in [5.41, 5.74) is 9.97. The van der Waals surface area contributed by atoms with Crippen LogP contribution in [0, 0.1) is 0 Å². The lowest BCUT2D eigenvalue weighted by Crippen LogP contribution is -2.07. The minimum atomic E-state index is 0.516. The molecule has 0 spiro atoms. The Balaban J connectivity index is 1.13. The normalized spacial score (nSPS) is 12.2. The highest BCUT2D eigenvalue weighted by Crippen LogP contribution is 2.43. The van der Waals surface area contributed by atoms with Crippen molar-refractivity contribution in [2.24, 2.45) is 0 Å². The zero-order chi connectivity index (χ0) is 40.5. The molecule has 9 aromatic carbocycles. The van der Waals surface area contributed by atoms with Gasteiger partial charge in [0.15, 0.2) is 11.6 Å². The van der Waals surface area contributed by atoms with Crippen LogP contribution < -0.4 is 0 Å². The fraction of sp³-hybridized carbons (Fsp3) is 0. The van der Waals surface area contributed by atoms with Gasteiger partial charge in [-0.3, -0.25) is 4.57 Å². The van der Waals surface area contributed by atoms with E-state index in [-0.39, 0.29) is 0 Å². The summed E-state index contributed by atoms with van der Waals surface area (Å²) in [5.74, 6) is 1.59. The number of furan rings is 2. The van der Waals surface area contributed by atoms with Crippen LogP contribution in [0.25, 0.3) is 133 Å². The van der Waals surface area contributed by atoms with E-state index in [9.17, 15) is 0 Å². The first-order valence-corrected chi connectivity index (χ1v) is 20.8. The smallest absolute Gasteiger partial charge is 0.238 e. The summed E-state index contributed by atoms with van der Waals surface area (Å²) in [4.78, 5) is 16.4. The first-order valence-electron chi connectivity index (χ1n) is 20.8. The van der Waals surface area contributed by atoms with E-state index in [1.54, 1.807) is 0 Å². The Morgan fingerprint density at radius 1 is 0.323 bits per heavy atom. The predicted octanol–water partition coefficient (Wildman–Crippen LogP) is 14.4. The lowest BCUT2D eigenvalue weighted by atomic mass is 10.0. The number of hydrogen-bond acceptors (Lipinski definition) is 5. The summed E-state index contributed by atoms with van der Waals surface area (Å²) < 4.78 is 17.7. The van der Waals surface area contributed by atoms with Gasteiger partial charge >= 0.3 is 0 Å². The molecule has 0 aliphatic heterocycles. The van der Waals surface area contributed by atoms with E-state index in [0.717, 1.165) is 93.5 Å². The molecule has 0 N–H and O–H groups in total. The number of rotatable bonds is 4. The molecule has 62 heavy (non-hydrogen) atoms. The average molecular weight is 794 g/mol. The van der Waals surface area contributed by atoms with E-state index in [4.69, 9.17) is 23.8 Å². The lowest BCUT2D eigenvalue weighted by Gasteiger charge is -2.14. The minimum absolute atomic E-state index is 0.516. The molecule has 5 heterocycles. The molecule has 14 aromatic rings. The van der Waals surface area contributed by atoms with Gasteiger partial charge in [-0.1, -0.05) is 127 Å². The molecule has 0 bridgehead atoms. The third-order valence-corrected chi connectivity index (χ3v) is 12.5. The Hall–Kier alpha value is -8.55. The Bertz CT molecular complexity index is 4130. The van der Waals surface area contributed by atoms with Crippen LogP contribution in [-0.2, 0) is 0 Å². The van der Waals surface area contributed by atoms with Crippen LogP contribution in [0.5, 0.6) is 0 Å². The van der Waals surface area contributed by atoms with E-state index in [1.165, 1.54) is 21.5 Å². The van der Waals surface area contributed by atoms with Crippen LogP contribution in [0.4, 0.5) is 0 Å². The van der Waals surface area contributed by atoms with Crippen molar-refractivity contribution in [2.75, 3.05) is 0 Å². The fourth-order valence-electron chi connectivity index (χ4n) is 9.88. The molecule has 14 rings (SSSR count). The summed E-state index contributed by atoms with van der Waals surface area (Å²) >= 11 is 0. The summed E-state index contributed by atoms with van der Waals surface area (Å²) in [5, 5.41) is 10.9. The molecule has 7 heteroatoms. The van der Waals surface area contributed by atoms with Crippen molar-refractivity contribution < 1.29 is 8.83 Å². The fourth-order valence-corrected chi connectivity index (χ4v) is 9.88. The van der Waals surface area contributed by atoms with Gasteiger partial charge < -0.3 is 13.4 Å². The van der Waals surface area contributed by atoms with Gasteiger partial charge in [0.25, 0.3) is 0 Å². The molecule has 0 aliphatic carbocycles. The van der Waals surface area contributed by atoms with E-state index >= 15 is 0 Å². The van der Waals surface area contributed by atoms with Gasteiger partial charge in [0.1, 0.15) is 22.3 Å². The number of para-hydroxylation sites is 5. The quantitative estimate of drug-likeness (QED) is 0.177. The maximum absolute atomic E-state index is 6.77. The third-order valence-electron chi connectivity index (χ3n) is 12.5. The standard InChI is InChI=1S/C55H31N5O2/c1-2-15-33-29-46-41(28-32(33)14-1)37-18-5-8-22-43(37)59(46)34-30-42(52-39-20-7-12-26-48(39)62-50(52)31-34)54-56-53(40-21-13-27-49-51(40)38-19-6-11-25-47(38)61-49)57-55(58-54)60-44-23-9-3-16-35(44)36-17-4-10-24-45(36)60/h1-31H. The summed E-state index contributed by atoms with van der Waals surface area (Å²) in [6.07, 6.45) is 0. The predicted molar refractivity (Wildman–Crippen MR) is 251 cm³/mol. The summed E-state index contributed by atoms with van der Waals surface area (Å²) in [6.45, 7) is 0. The van der Waals surface area contributed by atoms with Crippen LogP contribution in [0.2, 0.25) is 0 Å². The van der Waals surface area contributed by atoms with Gasteiger partial charge in [-0.25, -0.2) is 4.98 Å². The second-order valence-electron chi connectivity index (χ2n) is 16.0. The monoisotopic (exact) mass is 793 g/mol. The first-order chi connectivity index (χ1) is 30.7. The number of fused-ring (bicyclic) bond motifs is 13. The first kappa shape index (κ1) is 33.3. The molecule has 0 radical (unpaired) electrons. The molecular formula is C55H31N5O2. The molecule has 0 fully saturated rings. The number of aromatic nitrogens is 5. The minimum Gasteiger partial charge on any atom is -0.456 e. The van der Waals surface area contributed by atoms with Gasteiger partial charge in [-0.2, -0.15) is 9.97 Å². The molecule has 288 valence electrons. The van der Waals surface area contributed by atoms with Gasteiger partial charge in [0.05, 0.1) is 27.8 Å². The maximum atomic E-state index is 6.77. The van der Waals surface area contributed by atoms with Gasteiger partial charge in [-0.15, -0.1) is 0 Å². The van der Waals surface area contributed by atoms with E-state index in [2.05, 4.69) is 155 Å². The van der Waals surface area contributed by atoms with Crippen molar-refractivity contribution in [1.82, 2.24) is 24.1 Å². The topological polar surface area (TPSA) is 74.8 Å². The van der Waals surface area contributed by atoms with Crippen molar-refractivity contribution >= 4 is 98.3 Å². The second kappa shape index (κ2) is 12.5. The zero-order valence-electron chi connectivity index (χ0n) is 33.0. The zero-order valence-corrected chi connectivity index (χ0v) is 33.0. The van der Waals surface area contributed by atoms with Gasteiger partial charge in [0, 0.05) is 60.3 Å². The molecule has 0 unspecified atom stereocenters. The van der Waals surface area contributed by atoms with Crippen LogP contribution >= 0.6 is 0 Å². The SMILES string of the molecule is c1ccc2cc3c(cc2c1)c1ccccc1n3-c1cc(-c2nc(-c3cccc4oc5ccccc5c34)nc(-n3c4ccccc4c4ccccc43)n2)c2c(c1)oc1ccccc12. The highest BCUT2D eigenvalue weighted by Gasteiger charge is 2.24. The highest BCUT2D eigenvalue weighted by molar-refractivity contribution is 6.17. The van der Waals surface area contributed by atoms with Crippen molar-refractivity contribution in [3.05, 3.63) is 188 Å². The summed E-state index contributed by atoms with van der Waals surface area (Å²) in [6, 6.07) is 65.5. The molecule has 5 aromatic heterocycles. The van der Waals surface area contributed by atoms with E-state index < -0.39 is 0 Å². The van der Waals surface area contributed by atoms with Crippen LogP contribution in [0.1, 0.15) is 0 Å². The maximum Gasteiger partial charge on any atom is 0.238 e. The number of benzene rings is 9. The van der Waals surface area contributed by atoms with Crippen molar-refractivity contribution in [2.45, 2.75) is 0 Å². The van der Waals surface area contributed by atoms with E-state index in [1.807, 2.05) is 42.5 Å². The highest BCUT2D eigenvalue weighted by atomic mass is 16.3. The van der Waals surface area contributed by atoms with E-state index in [0.29, 0.717) is 17.6 Å². The van der Waals surface area contributed by atoms with Crippen molar-refractivity contribution in [1.29, 1.82) is 0 Å². The van der Waals surface area contributed by atoms with Crippen LogP contribution in [0.15, 0.2) is 197 Å². The van der Waals surface area contributed by atoms with Gasteiger partial charge in [0.2, 0.25) is 5.95 Å². The number of hydrogen-bond donors (Lipinski definition) is 0.